The van der Waals surface area contributed by atoms with Gasteiger partial charge in [-0.1, -0.05) is 0 Å². The van der Waals surface area contributed by atoms with Gasteiger partial charge < -0.3 is 19.4 Å². The van der Waals surface area contributed by atoms with Gasteiger partial charge in [-0.05, 0) is 39.7 Å². The van der Waals surface area contributed by atoms with Crippen molar-refractivity contribution in [1.82, 2.24) is 19.8 Å². The average molecular weight is 375 g/mol. The normalized spacial score (nSPS) is 21.1. The molecule has 0 aromatic carbocycles. The number of aromatic nitrogens is 2. The van der Waals surface area contributed by atoms with E-state index in [0.717, 1.165) is 19.4 Å². The molecule has 0 saturated carbocycles. The van der Waals surface area contributed by atoms with Crippen LogP contribution in [0, 0.1) is 5.92 Å². The van der Waals surface area contributed by atoms with Gasteiger partial charge in [-0.2, -0.15) is 0 Å². The Morgan fingerprint density at radius 3 is 2.30 bits per heavy atom. The first-order valence-corrected chi connectivity index (χ1v) is 9.62. The van der Waals surface area contributed by atoms with Gasteiger partial charge in [-0.15, -0.1) is 0 Å². The summed E-state index contributed by atoms with van der Waals surface area (Å²) < 4.78 is 5.42. The second kappa shape index (κ2) is 8.10. The maximum absolute atomic E-state index is 13.0. The number of carbonyl (C=O) groups excluding carboxylic acids is 2. The number of amides is 2. The number of hydrogen-bond donors (Lipinski definition) is 0. The minimum Gasteiger partial charge on any atom is -0.444 e. The van der Waals surface area contributed by atoms with Gasteiger partial charge >= 0.3 is 6.09 Å². The van der Waals surface area contributed by atoms with Crippen molar-refractivity contribution < 1.29 is 14.3 Å². The Morgan fingerprint density at radius 1 is 1.04 bits per heavy atom. The topological polar surface area (TPSA) is 78.9 Å². The molecule has 3 heterocycles. The molecule has 0 N–H and O–H groups in total. The van der Waals surface area contributed by atoms with Crippen LogP contribution in [0.4, 0.5) is 10.7 Å². The van der Waals surface area contributed by atoms with Crippen LogP contribution in [0.3, 0.4) is 0 Å². The van der Waals surface area contributed by atoms with Crippen LogP contribution in [0.2, 0.25) is 0 Å². The monoisotopic (exact) mass is 375 g/mol. The summed E-state index contributed by atoms with van der Waals surface area (Å²) in [5.41, 5.74) is -0.505. The molecule has 2 saturated heterocycles. The van der Waals surface area contributed by atoms with Gasteiger partial charge in [0.05, 0.1) is 5.92 Å². The predicted molar refractivity (Wildman–Crippen MR) is 101 cm³/mol. The van der Waals surface area contributed by atoms with Crippen LogP contribution in [-0.4, -0.2) is 76.6 Å². The smallest absolute Gasteiger partial charge is 0.410 e. The van der Waals surface area contributed by atoms with Crippen molar-refractivity contribution in [2.24, 2.45) is 5.92 Å². The highest BCUT2D eigenvalue weighted by atomic mass is 16.6. The molecule has 27 heavy (non-hydrogen) atoms. The molecule has 0 radical (unpaired) electrons. The zero-order chi connectivity index (χ0) is 19.4. The van der Waals surface area contributed by atoms with Crippen molar-refractivity contribution in [1.29, 1.82) is 0 Å². The molecule has 2 aliphatic heterocycles. The number of piperidine rings is 1. The van der Waals surface area contributed by atoms with Crippen molar-refractivity contribution in [2.75, 3.05) is 44.2 Å². The van der Waals surface area contributed by atoms with Gasteiger partial charge in [0.25, 0.3) is 0 Å². The molecule has 2 amide bonds. The first-order chi connectivity index (χ1) is 12.8. The fourth-order valence-corrected chi connectivity index (χ4v) is 3.51. The summed E-state index contributed by atoms with van der Waals surface area (Å²) in [5.74, 6) is 0.805. The molecule has 3 rings (SSSR count). The van der Waals surface area contributed by atoms with E-state index in [1.54, 1.807) is 23.4 Å². The number of anilines is 1. The number of piperazine rings is 1. The van der Waals surface area contributed by atoms with Crippen LogP contribution < -0.4 is 4.90 Å². The minimum atomic E-state index is -0.505. The van der Waals surface area contributed by atoms with E-state index in [1.807, 2.05) is 25.7 Å². The van der Waals surface area contributed by atoms with E-state index in [9.17, 15) is 9.59 Å². The van der Waals surface area contributed by atoms with Crippen molar-refractivity contribution in [3.8, 4) is 0 Å². The van der Waals surface area contributed by atoms with Crippen molar-refractivity contribution in [3.63, 3.8) is 0 Å². The van der Waals surface area contributed by atoms with Crippen LogP contribution in [-0.2, 0) is 9.53 Å². The highest BCUT2D eigenvalue weighted by molar-refractivity contribution is 5.80. The van der Waals surface area contributed by atoms with Crippen LogP contribution in [0.5, 0.6) is 0 Å². The summed E-state index contributed by atoms with van der Waals surface area (Å²) in [6.07, 6.45) is 4.98. The lowest BCUT2D eigenvalue weighted by Gasteiger charge is -2.39. The van der Waals surface area contributed by atoms with E-state index < -0.39 is 5.60 Å². The second-order valence-corrected chi connectivity index (χ2v) is 8.13. The molecule has 1 atom stereocenters. The third-order valence-electron chi connectivity index (χ3n) is 4.85. The molecule has 148 valence electrons. The van der Waals surface area contributed by atoms with E-state index in [1.165, 1.54) is 0 Å². The molecule has 2 fully saturated rings. The summed E-state index contributed by atoms with van der Waals surface area (Å²) in [6.45, 7) is 9.22. The Morgan fingerprint density at radius 2 is 1.67 bits per heavy atom. The number of nitrogens with zero attached hydrogens (tertiary/aromatic N) is 5. The lowest BCUT2D eigenvalue weighted by Crippen LogP contribution is -2.54. The van der Waals surface area contributed by atoms with Gasteiger partial charge in [0.2, 0.25) is 11.9 Å². The summed E-state index contributed by atoms with van der Waals surface area (Å²) in [5, 5.41) is 0. The quantitative estimate of drug-likeness (QED) is 0.784. The Bertz CT molecular complexity index is 653. The molecular weight excluding hydrogens is 346 g/mol. The lowest BCUT2D eigenvalue weighted by atomic mass is 9.96. The maximum Gasteiger partial charge on any atom is 0.410 e. The molecule has 1 aromatic rings. The number of ether oxygens (including phenoxy) is 1. The Labute approximate surface area is 160 Å². The molecule has 8 heteroatoms. The average Bonchev–Trinajstić information content (AvgIpc) is 2.67. The first-order valence-electron chi connectivity index (χ1n) is 9.62. The summed E-state index contributed by atoms with van der Waals surface area (Å²) in [4.78, 5) is 39.4. The molecular formula is C19H29N5O3. The minimum absolute atomic E-state index is 0.0457. The van der Waals surface area contributed by atoms with E-state index in [2.05, 4.69) is 14.9 Å². The summed E-state index contributed by atoms with van der Waals surface area (Å²) in [7, 11) is 0. The van der Waals surface area contributed by atoms with Crippen molar-refractivity contribution in [2.45, 2.75) is 39.2 Å². The van der Waals surface area contributed by atoms with Crippen molar-refractivity contribution in [3.05, 3.63) is 18.5 Å². The van der Waals surface area contributed by atoms with Crippen LogP contribution in [0.15, 0.2) is 18.5 Å². The highest BCUT2D eigenvalue weighted by Crippen LogP contribution is 2.22. The summed E-state index contributed by atoms with van der Waals surface area (Å²) >= 11 is 0. The molecule has 0 aliphatic carbocycles. The standard InChI is InChI=1S/C19H29N5O3/c1-19(2,3)27-18(26)23-12-10-22(11-13-23)16(25)15-6-4-9-24(14-15)17-20-7-5-8-21-17/h5,7-8,15H,4,6,9-14H2,1-3H3/t15-/m0/s1. The number of carbonyl (C=O) groups is 2. The van der Waals surface area contributed by atoms with E-state index in [4.69, 9.17) is 4.74 Å². The van der Waals surface area contributed by atoms with Gasteiger partial charge in [-0.25, -0.2) is 14.8 Å². The number of hydrogen-bond acceptors (Lipinski definition) is 6. The molecule has 1 aromatic heterocycles. The Kier molecular flexibility index (Phi) is 5.82. The third-order valence-corrected chi connectivity index (χ3v) is 4.85. The maximum atomic E-state index is 13.0. The second-order valence-electron chi connectivity index (χ2n) is 8.13. The molecule has 0 spiro atoms. The van der Waals surface area contributed by atoms with Gasteiger partial charge in [0.15, 0.2) is 0 Å². The first kappa shape index (κ1) is 19.4. The third kappa shape index (κ3) is 5.08. The van der Waals surface area contributed by atoms with E-state index >= 15 is 0 Å². The lowest BCUT2D eigenvalue weighted by molar-refractivity contribution is -0.137. The van der Waals surface area contributed by atoms with Gasteiger partial charge in [0, 0.05) is 51.7 Å². The zero-order valence-electron chi connectivity index (χ0n) is 16.4. The fourth-order valence-electron chi connectivity index (χ4n) is 3.51. The SMILES string of the molecule is CC(C)(C)OC(=O)N1CCN(C(=O)[C@H]2CCCN(c3ncccn3)C2)CC1. The molecule has 0 unspecified atom stereocenters. The summed E-state index contributed by atoms with van der Waals surface area (Å²) in [6, 6.07) is 1.79. The van der Waals surface area contributed by atoms with Crippen LogP contribution in [0.25, 0.3) is 0 Å². The van der Waals surface area contributed by atoms with Crippen molar-refractivity contribution >= 4 is 17.9 Å². The zero-order valence-corrected chi connectivity index (χ0v) is 16.4. The number of rotatable bonds is 2. The highest BCUT2D eigenvalue weighted by Gasteiger charge is 2.33. The fraction of sp³-hybridized carbons (Fsp3) is 0.684. The predicted octanol–water partition coefficient (Wildman–Crippen LogP) is 1.77. The largest absolute Gasteiger partial charge is 0.444 e. The van der Waals surface area contributed by atoms with E-state index in [0.29, 0.717) is 38.7 Å². The molecule has 0 bridgehead atoms. The van der Waals surface area contributed by atoms with Crippen LogP contribution in [0.1, 0.15) is 33.6 Å². The molecule has 8 nitrogen and oxygen atoms in total. The van der Waals surface area contributed by atoms with E-state index in [-0.39, 0.29) is 17.9 Å². The molecule has 2 aliphatic rings. The van der Waals surface area contributed by atoms with Crippen LogP contribution >= 0.6 is 0 Å². The van der Waals surface area contributed by atoms with Gasteiger partial charge in [-0.3, -0.25) is 4.79 Å². The Balaban J connectivity index is 1.52. The van der Waals surface area contributed by atoms with Gasteiger partial charge in [0.1, 0.15) is 5.60 Å². The Hall–Kier alpha value is -2.38.